The third-order valence-corrected chi connectivity index (χ3v) is 6.12. The van der Waals surface area contributed by atoms with Crippen molar-refractivity contribution in [3.63, 3.8) is 0 Å². The minimum Gasteiger partial charge on any atom is -0.328 e. The topological polar surface area (TPSA) is 29.3 Å². The molecular formula is C17H26N2S. The van der Waals surface area contributed by atoms with E-state index in [9.17, 15) is 0 Å². The first kappa shape index (κ1) is 14.4. The van der Waals surface area contributed by atoms with Gasteiger partial charge in [-0.1, -0.05) is 25.1 Å². The predicted octanol–water partition coefficient (Wildman–Crippen LogP) is 3.30. The highest BCUT2D eigenvalue weighted by Gasteiger charge is 2.28. The highest BCUT2D eigenvalue weighted by atomic mass is 32.2. The van der Waals surface area contributed by atoms with Crippen LogP contribution in [0.2, 0.25) is 0 Å². The van der Waals surface area contributed by atoms with Crippen molar-refractivity contribution in [1.29, 1.82) is 0 Å². The zero-order chi connectivity index (χ0) is 13.9. The van der Waals surface area contributed by atoms with E-state index in [2.05, 4.69) is 47.9 Å². The van der Waals surface area contributed by atoms with Crippen LogP contribution in [0.4, 0.5) is 0 Å². The van der Waals surface area contributed by atoms with Gasteiger partial charge in [0.05, 0.1) is 0 Å². The molecule has 0 amide bonds. The van der Waals surface area contributed by atoms with Crippen molar-refractivity contribution in [3.8, 4) is 0 Å². The Kier molecular flexibility index (Phi) is 4.69. The average Bonchev–Trinajstić information content (AvgIpc) is 2.88. The molecule has 1 aromatic carbocycles. The van der Waals surface area contributed by atoms with Gasteiger partial charge in [-0.15, -0.1) is 11.8 Å². The second kappa shape index (κ2) is 6.50. The lowest BCUT2D eigenvalue weighted by atomic mass is 9.90. The van der Waals surface area contributed by atoms with E-state index in [1.54, 1.807) is 5.56 Å². The van der Waals surface area contributed by atoms with Crippen LogP contribution >= 0.6 is 11.8 Å². The Morgan fingerprint density at radius 3 is 2.65 bits per heavy atom. The van der Waals surface area contributed by atoms with Crippen LogP contribution in [-0.2, 0) is 6.42 Å². The minimum atomic E-state index is 0.454. The van der Waals surface area contributed by atoms with Gasteiger partial charge in [-0.3, -0.25) is 4.90 Å². The van der Waals surface area contributed by atoms with Gasteiger partial charge < -0.3 is 5.73 Å². The fourth-order valence-corrected chi connectivity index (χ4v) is 4.97. The molecule has 0 aromatic heterocycles. The van der Waals surface area contributed by atoms with E-state index >= 15 is 0 Å². The summed E-state index contributed by atoms with van der Waals surface area (Å²) in [7, 11) is 0. The van der Waals surface area contributed by atoms with E-state index in [1.807, 2.05) is 0 Å². The molecule has 2 aliphatic rings. The zero-order valence-electron chi connectivity index (χ0n) is 12.4. The summed E-state index contributed by atoms with van der Waals surface area (Å²) in [5.74, 6) is 0. The first-order valence-electron chi connectivity index (χ1n) is 8.00. The Morgan fingerprint density at radius 1 is 1.20 bits per heavy atom. The van der Waals surface area contributed by atoms with Crippen LogP contribution in [-0.4, -0.2) is 35.3 Å². The molecule has 1 saturated carbocycles. The van der Waals surface area contributed by atoms with Crippen molar-refractivity contribution in [1.82, 2.24) is 4.90 Å². The lowest BCUT2D eigenvalue weighted by Crippen LogP contribution is -2.43. The van der Waals surface area contributed by atoms with Gasteiger partial charge >= 0.3 is 0 Å². The van der Waals surface area contributed by atoms with E-state index in [4.69, 9.17) is 5.73 Å². The van der Waals surface area contributed by atoms with E-state index in [1.165, 1.54) is 50.1 Å². The first-order chi connectivity index (χ1) is 9.76. The van der Waals surface area contributed by atoms with Gasteiger partial charge in [0.1, 0.15) is 0 Å². The van der Waals surface area contributed by atoms with Gasteiger partial charge in [-0.2, -0.15) is 0 Å². The maximum atomic E-state index is 6.04. The number of hydrogen-bond acceptors (Lipinski definition) is 3. The summed E-state index contributed by atoms with van der Waals surface area (Å²) in [5.41, 5.74) is 7.58. The summed E-state index contributed by atoms with van der Waals surface area (Å²) in [6, 6.07) is 10.1. The van der Waals surface area contributed by atoms with Gasteiger partial charge in [0, 0.05) is 28.8 Å². The molecule has 20 heavy (non-hydrogen) atoms. The molecule has 0 bridgehead atoms. The van der Waals surface area contributed by atoms with Crippen molar-refractivity contribution in [2.24, 2.45) is 5.73 Å². The van der Waals surface area contributed by atoms with Crippen LogP contribution in [0.15, 0.2) is 29.2 Å². The zero-order valence-corrected chi connectivity index (χ0v) is 13.2. The summed E-state index contributed by atoms with van der Waals surface area (Å²) in [6.45, 7) is 4.71. The quantitative estimate of drug-likeness (QED) is 0.922. The molecule has 1 aliphatic heterocycles. The first-order valence-corrected chi connectivity index (χ1v) is 8.88. The van der Waals surface area contributed by atoms with Crippen LogP contribution in [0, 0.1) is 0 Å². The number of thioether (sulfide) groups is 1. The average molecular weight is 290 g/mol. The van der Waals surface area contributed by atoms with E-state index in [0.29, 0.717) is 6.04 Å². The second-order valence-corrected chi connectivity index (χ2v) is 7.55. The Morgan fingerprint density at radius 2 is 1.95 bits per heavy atom. The highest BCUT2D eigenvalue weighted by molar-refractivity contribution is 8.00. The standard InChI is InChI=1S/C17H26N2S/c1-2-19(15-9-7-14(18)8-10-15)12-16-11-13-5-3-4-6-17(13)20-16/h3-6,14-16H,2,7-12,18H2,1H3. The van der Waals surface area contributed by atoms with Crippen molar-refractivity contribution in [2.45, 2.75) is 61.3 Å². The summed E-state index contributed by atoms with van der Waals surface area (Å²) < 4.78 is 0. The molecule has 1 aliphatic carbocycles. The number of hydrogen-bond donors (Lipinski definition) is 1. The van der Waals surface area contributed by atoms with Crippen LogP contribution in [0.1, 0.15) is 38.2 Å². The van der Waals surface area contributed by atoms with E-state index in [-0.39, 0.29) is 0 Å². The molecule has 1 atom stereocenters. The highest BCUT2D eigenvalue weighted by Crippen LogP contribution is 2.37. The molecule has 3 heteroatoms. The van der Waals surface area contributed by atoms with Crippen LogP contribution < -0.4 is 5.73 Å². The molecule has 0 saturated heterocycles. The normalized spacial score (nSPS) is 29.6. The number of benzene rings is 1. The third-order valence-electron chi connectivity index (χ3n) is 4.82. The number of fused-ring (bicyclic) bond motifs is 1. The van der Waals surface area contributed by atoms with Gasteiger partial charge in [0.15, 0.2) is 0 Å². The molecule has 0 spiro atoms. The lowest BCUT2D eigenvalue weighted by Gasteiger charge is -2.36. The Labute approximate surface area is 127 Å². The monoisotopic (exact) mass is 290 g/mol. The van der Waals surface area contributed by atoms with Crippen molar-refractivity contribution >= 4 is 11.8 Å². The second-order valence-electron chi connectivity index (χ2n) is 6.21. The number of rotatable bonds is 4. The summed E-state index contributed by atoms with van der Waals surface area (Å²) >= 11 is 2.08. The summed E-state index contributed by atoms with van der Waals surface area (Å²) in [4.78, 5) is 4.20. The Hall–Kier alpha value is -0.510. The molecule has 1 aromatic rings. The summed E-state index contributed by atoms with van der Waals surface area (Å²) in [5, 5.41) is 0.739. The number of nitrogens with two attached hydrogens (primary N) is 1. The third kappa shape index (κ3) is 3.21. The van der Waals surface area contributed by atoms with Crippen LogP contribution in [0.3, 0.4) is 0 Å². The Balaban J connectivity index is 1.57. The lowest BCUT2D eigenvalue weighted by molar-refractivity contribution is 0.157. The van der Waals surface area contributed by atoms with Gasteiger partial charge in [0.25, 0.3) is 0 Å². The van der Waals surface area contributed by atoms with Crippen molar-refractivity contribution < 1.29 is 0 Å². The van der Waals surface area contributed by atoms with Gasteiger partial charge in [-0.25, -0.2) is 0 Å². The minimum absolute atomic E-state index is 0.454. The molecule has 2 N–H and O–H groups in total. The van der Waals surface area contributed by atoms with Crippen molar-refractivity contribution in [3.05, 3.63) is 29.8 Å². The Bertz CT molecular complexity index is 415. The molecule has 0 radical (unpaired) electrons. The maximum Gasteiger partial charge on any atom is 0.0263 e. The number of nitrogens with zero attached hydrogens (tertiary/aromatic N) is 1. The van der Waals surface area contributed by atoms with Gasteiger partial charge in [-0.05, 0) is 50.3 Å². The summed E-state index contributed by atoms with van der Waals surface area (Å²) in [6.07, 6.45) is 6.24. The molecule has 110 valence electrons. The molecule has 1 unspecified atom stereocenters. The SMILES string of the molecule is CCN(CC1Cc2ccccc2S1)C1CCC(N)CC1. The van der Waals surface area contributed by atoms with Crippen molar-refractivity contribution in [2.75, 3.05) is 13.1 Å². The van der Waals surface area contributed by atoms with Gasteiger partial charge in [0.2, 0.25) is 0 Å². The molecular weight excluding hydrogens is 264 g/mol. The van der Waals surface area contributed by atoms with E-state index in [0.717, 1.165) is 11.3 Å². The molecule has 1 heterocycles. The maximum absolute atomic E-state index is 6.04. The smallest absolute Gasteiger partial charge is 0.0263 e. The van der Waals surface area contributed by atoms with E-state index < -0.39 is 0 Å². The molecule has 1 fully saturated rings. The molecule has 3 rings (SSSR count). The van der Waals surface area contributed by atoms with Crippen LogP contribution in [0.25, 0.3) is 0 Å². The molecule has 2 nitrogen and oxygen atoms in total. The fraction of sp³-hybridized carbons (Fsp3) is 0.647. The largest absolute Gasteiger partial charge is 0.328 e. The fourth-order valence-electron chi connectivity index (χ4n) is 3.62. The van der Waals surface area contributed by atoms with Crippen LogP contribution in [0.5, 0.6) is 0 Å². The predicted molar refractivity (Wildman–Crippen MR) is 87.3 cm³/mol.